The van der Waals surface area contributed by atoms with Crippen molar-refractivity contribution in [2.45, 2.75) is 40.3 Å². The van der Waals surface area contributed by atoms with Crippen LogP contribution in [0.5, 0.6) is 0 Å². The number of amides is 1. The summed E-state index contributed by atoms with van der Waals surface area (Å²) in [5.74, 6) is 0.608. The van der Waals surface area contributed by atoms with Gasteiger partial charge in [0.2, 0.25) is 0 Å². The Morgan fingerprint density at radius 1 is 0.976 bits per heavy atom. The summed E-state index contributed by atoms with van der Waals surface area (Å²) < 4.78 is 2.22. The van der Waals surface area contributed by atoms with Crippen molar-refractivity contribution in [1.82, 2.24) is 9.47 Å². The lowest BCUT2D eigenvalue weighted by Crippen LogP contribution is -2.48. The van der Waals surface area contributed by atoms with Crippen molar-refractivity contribution in [2.75, 3.05) is 36.0 Å². The smallest absolute Gasteiger partial charge is 0.270 e. The molecule has 2 aliphatic rings. The second-order valence-corrected chi connectivity index (χ2v) is 12.0. The summed E-state index contributed by atoms with van der Waals surface area (Å²) in [6.45, 7) is 9.73. The third-order valence-electron chi connectivity index (χ3n) is 7.60. The molecule has 5 rings (SSSR count). The maximum absolute atomic E-state index is 13.6. The monoisotopic (exact) mass is 583 g/mol. The van der Waals surface area contributed by atoms with Crippen molar-refractivity contribution in [1.29, 1.82) is 5.26 Å². The van der Waals surface area contributed by atoms with Crippen molar-refractivity contribution in [3.05, 3.63) is 97.7 Å². The lowest BCUT2D eigenvalue weighted by Gasteiger charge is -2.39. The van der Waals surface area contributed by atoms with Gasteiger partial charge in [-0.1, -0.05) is 78.9 Å². The van der Waals surface area contributed by atoms with E-state index in [9.17, 15) is 14.9 Å². The molecule has 7 nitrogen and oxygen atoms in total. The molecule has 1 aromatic heterocycles. The zero-order valence-corrected chi connectivity index (χ0v) is 25.2. The van der Waals surface area contributed by atoms with Crippen molar-refractivity contribution in [3.63, 3.8) is 0 Å². The van der Waals surface area contributed by atoms with Gasteiger partial charge in [0.25, 0.3) is 11.5 Å². The third kappa shape index (κ3) is 5.81. The molecule has 2 saturated heterocycles. The van der Waals surface area contributed by atoms with E-state index in [2.05, 4.69) is 28.0 Å². The molecule has 0 bridgehead atoms. The van der Waals surface area contributed by atoms with Crippen LogP contribution in [0.3, 0.4) is 0 Å². The van der Waals surface area contributed by atoms with Gasteiger partial charge >= 0.3 is 0 Å². The molecule has 3 aromatic rings. The van der Waals surface area contributed by atoms with Gasteiger partial charge in [-0.15, -0.1) is 0 Å². The van der Waals surface area contributed by atoms with Gasteiger partial charge in [0.1, 0.15) is 21.8 Å². The van der Waals surface area contributed by atoms with Gasteiger partial charge in [-0.3, -0.25) is 19.1 Å². The quantitative estimate of drug-likeness (QED) is 0.270. The molecular formula is C32H33N5O2S2. The number of thiocarbonyl (C=S) groups is 1. The van der Waals surface area contributed by atoms with Crippen LogP contribution in [-0.2, 0) is 17.9 Å². The summed E-state index contributed by atoms with van der Waals surface area (Å²) in [6.07, 6.45) is 2.58. The summed E-state index contributed by atoms with van der Waals surface area (Å²) >= 11 is 6.90. The fraction of sp³-hybridized carbons (Fsp3) is 0.312. The molecule has 9 heteroatoms. The maximum atomic E-state index is 13.6. The van der Waals surface area contributed by atoms with Crippen molar-refractivity contribution >= 4 is 51.8 Å². The van der Waals surface area contributed by atoms with E-state index in [0.29, 0.717) is 41.0 Å². The number of rotatable bonds is 7. The maximum Gasteiger partial charge on any atom is 0.270 e. The zero-order valence-electron chi connectivity index (χ0n) is 23.6. The number of carbonyl (C=O) groups is 1. The van der Waals surface area contributed by atoms with Gasteiger partial charge < -0.3 is 9.80 Å². The van der Waals surface area contributed by atoms with E-state index in [0.717, 1.165) is 42.0 Å². The number of para-hydroxylation sites is 1. The number of pyridine rings is 1. The van der Waals surface area contributed by atoms with Crippen LogP contribution in [-0.4, -0.2) is 45.9 Å². The van der Waals surface area contributed by atoms with E-state index in [4.69, 9.17) is 12.2 Å². The van der Waals surface area contributed by atoms with Crippen LogP contribution in [0, 0.1) is 25.2 Å². The number of thioether (sulfide) groups is 1. The highest BCUT2D eigenvalue weighted by molar-refractivity contribution is 8.26. The predicted octanol–water partition coefficient (Wildman–Crippen LogP) is 5.47. The number of aromatic nitrogens is 1. The van der Waals surface area contributed by atoms with Crippen LogP contribution in [0.25, 0.3) is 6.08 Å². The van der Waals surface area contributed by atoms with E-state index < -0.39 is 0 Å². The van der Waals surface area contributed by atoms with E-state index in [1.807, 2.05) is 62.4 Å². The molecule has 0 unspecified atom stereocenters. The van der Waals surface area contributed by atoms with Crippen LogP contribution in [0.4, 0.5) is 11.5 Å². The number of anilines is 2. The first-order valence-electron chi connectivity index (χ1n) is 13.9. The Kier molecular flexibility index (Phi) is 8.62. The Labute approximate surface area is 250 Å². The molecule has 0 atom stereocenters. The fourth-order valence-electron chi connectivity index (χ4n) is 5.37. The lowest BCUT2D eigenvalue weighted by molar-refractivity contribution is -0.122. The van der Waals surface area contributed by atoms with Crippen molar-refractivity contribution < 1.29 is 4.79 Å². The van der Waals surface area contributed by atoms with Crippen molar-refractivity contribution in [3.8, 4) is 6.07 Å². The Bertz CT molecular complexity index is 1600. The number of carbonyl (C=O) groups excluding carboxylic acids is 1. The summed E-state index contributed by atoms with van der Waals surface area (Å²) in [4.78, 5) is 33.8. The largest absolute Gasteiger partial charge is 0.368 e. The van der Waals surface area contributed by atoms with Gasteiger partial charge in [0, 0.05) is 44.0 Å². The summed E-state index contributed by atoms with van der Waals surface area (Å²) in [6, 6.07) is 20.5. The number of nitriles is 1. The average molecular weight is 584 g/mol. The van der Waals surface area contributed by atoms with E-state index in [1.54, 1.807) is 16.4 Å². The Balaban J connectivity index is 1.53. The number of benzene rings is 2. The predicted molar refractivity (Wildman–Crippen MR) is 171 cm³/mol. The van der Waals surface area contributed by atoms with Gasteiger partial charge in [-0.25, -0.2) is 0 Å². The third-order valence-corrected chi connectivity index (χ3v) is 8.98. The first kappa shape index (κ1) is 28.7. The van der Waals surface area contributed by atoms with Gasteiger partial charge in [0.05, 0.1) is 11.4 Å². The molecule has 0 radical (unpaired) electrons. The standard InChI is InChI=1S/C32H33N5O2S2/c1-4-14-36-29(35-17-15-34(16-18-35)25-8-6-5-7-9-25)26(23(3)27(20-33)30(36)38)19-28-31(39)37(32(40)41-28)21-24-12-10-22(2)11-13-24/h5-13,19H,4,14-18,21H2,1-3H3/b28-19+. The highest BCUT2D eigenvalue weighted by Crippen LogP contribution is 2.37. The first-order chi connectivity index (χ1) is 19.8. The molecule has 0 N–H and O–H groups in total. The second kappa shape index (κ2) is 12.3. The van der Waals surface area contributed by atoms with Gasteiger partial charge in [-0.2, -0.15) is 5.26 Å². The van der Waals surface area contributed by atoms with Gasteiger partial charge in [-0.05, 0) is 49.6 Å². The molecule has 0 saturated carbocycles. The van der Waals surface area contributed by atoms with E-state index in [-0.39, 0.29) is 17.0 Å². The second-order valence-electron chi connectivity index (χ2n) is 10.4. The molecule has 41 heavy (non-hydrogen) atoms. The average Bonchev–Trinajstić information content (AvgIpc) is 3.25. The highest BCUT2D eigenvalue weighted by atomic mass is 32.2. The van der Waals surface area contributed by atoms with E-state index >= 15 is 0 Å². The molecule has 2 aliphatic heterocycles. The number of aryl methyl sites for hydroxylation is 1. The summed E-state index contributed by atoms with van der Waals surface area (Å²) in [5, 5.41) is 9.95. The number of nitrogens with zero attached hydrogens (tertiary/aromatic N) is 5. The molecule has 0 aliphatic carbocycles. The lowest BCUT2D eigenvalue weighted by atomic mass is 10.0. The SMILES string of the molecule is CCCn1c(N2CCN(c3ccccc3)CC2)c(/C=C2/SC(=S)N(Cc3ccc(C)cc3)C2=O)c(C)c(C#N)c1=O. The molecule has 2 aromatic carbocycles. The molecule has 2 fully saturated rings. The Hall–Kier alpha value is -3.87. The molecule has 3 heterocycles. The summed E-state index contributed by atoms with van der Waals surface area (Å²) in [5.41, 5.74) is 4.49. The van der Waals surface area contributed by atoms with Crippen molar-refractivity contribution in [2.24, 2.45) is 0 Å². The molecule has 210 valence electrons. The number of piperazine rings is 1. The normalized spacial score (nSPS) is 16.5. The van der Waals surface area contributed by atoms with Crippen LogP contribution >= 0.6 is 24.0 Å². The first-order valence-corrected chi connectivity index (χ1v) is 15.1. The zero-order chi connectivity index (χ0) is 29.1. The van der Waals surface area contributed by atoms with Crippen LogP contribution in [0.15, 0.2) is 64.3 Å². The minimum absolute atomic E-state index is 0.117. The minimum atomic E-state index is -0.281. The molecule has 0 spiro atoms. The fourth-order valence-corrected chi connectivity index (χ4v) is 6.61. The van der Waals surface area contributed by atoms with Crippen LogP contribution in [0.2, 0.25) is 0 Å². The Morgan fingerprint density at radius 2 is 1.63 bits per heavy atom. The van der Waals surface area contributed by atoms with E-state index in [1.165, 1.54) is 17.4 Å². The molecular weight excluding hydrogens is 551 g/mol. The summed E-state index contributed by atoms with van der Waals surface area (Å²) in [7, 11) is 0. The van der Waals surface area contributed by atoms with Crippen LogP contribution < -0.4 is 15.4 Å². The Morgan fingerprint density at radius 3 is 2.27 bits per heavy atom. The highest BCUT2D eigenvalue weighted by Gasteiger charge is 2.34. The minimum Gasteiger partial charge on any atom is -0.368 e. The number of hydrogen-bond acceptors (Lipinski definition) is 7. The van der Waals surface area contributed by atoms with Crippen LogP contribution in [0.1, 0.15) is 41.2 Å². The topological polar surface area (TPSA) is 72.6 Å². The number of hydrogen-bond donors (Lipinski definition) is 0. The molecule has 1 amide bonds. The van der Waals surface area contributed by atoms with Gasteiger partial charge in [0.15, 0.2) is 0 Å².